The molecule has 1 saturated carbocycles. The smallest absolute Gasteiger partial charge is 0.243 e. The normalized spacial score (nSPS) is 24.5. The van der Waals surface area contributed by atoms with Gasteiger partial charge in [0.05, 0.1) is 17.4 Å². The van der Waals surface area contributed by atoms with Crippen LogP contribution in [0.1, 0.15) is 42.9 Å². The molecule has 1 aromatic carbocycles. The van der Waals surface area contributed by atoms with E-state index in [0.717, 1.165) is 35.6 Å². The van der Waals surface area contributed by atoms with Crippen molar-refractivity contribution in [2.75, 3.05) is 5.32 Å². The van der Waals surface area contributed by atoms with Crippen molar-refractivity contribution in [2.24, 2.45) is 11.7 Å². The minimum atomic E-state index is -0.474. The fourth-order valence-electron chi connectivity index (χ4n) is 4.20. The molecular weight excluding hydrogens is 288 g/mol. The summed E-state index contributed by atoms with van der Waals surface area (Å²) < 4.78 is 1.84. The lowest BCUT2D eigenvalue weighted by Gasteiger charge is -2.33. The van der Waals surface area contributed by atoms with Crippen LogP contribution < -0.4 is 11.1 Å². The molecule has 1 amide bonds. The van der Waals surface area contributed by atoms with E-state index in [1.807, 2.05) is 41.9 Å². The molecule has 5 nitrogen and oxygen atoms in total. The molecule has 120 valence electrons. The maximum Gasteiger partial charge on any atom is 0.243 e. The fraction of sp³-hybridized carbons (Fsp3) is 0.444. The standard InChI is InChI=1S/C18H22N4O/c1-11-14-15(12-7-5-6-8-12)16(19)18(23)20-17(14)22(21-11)13-9-3-2-4-10-13/h2-4,9-10,12,15-16H,5-8,19H2,1H3,(H,20,23)/t15-,16-/m0/s1. The number of hydrogen-bond donors (Lipinski definition) is 2. The molecular formula is C18H22N4O. The lowest BCUT2D eigenvalue weighted by atomic mass is 9.77. The molecule has 0 saturated heterocycles. The number of aryl methyl sites for hydroxylation is 1. The number of benzene rings is 1. The van der Waals surface area contributed by atoms with E-state index in [1.54, 1.807) is 0 Å². The molecule has 0 bridgehead atoms. The van der Waals surface area contributed by atoms with Crippen LogP contribution in [0.4, 0.5) is 5.82 Å². The number of fused-ring (bicyclic) bond motifs is 1. The number of amides is 1. The summed E-state index contributed by atoms with van der Waals surface area (Å²) in [5.41, 5.74) is 9.34. The topological polar surface area (TPSA) is 72.9 Å². The van der Waals surface area contributed by atoms with Crippen molar-refractivity contribution in [3.63, 3.8) is 0 Å². The minimum absolute atomic E-state index is 0.0821. The Bertz CT molecular complexity index is 731. The molecule has 4 rings (SSSR count). The van der Waals surface area contributed by atoms with Gasteiger partial charge in [0, 0.05) is 11.5 Å². The second-order valence-electron chi connectivity index (χ2n) is 6.68. The van der Waals surface area contributed by atoms with Crippen molar-refractivity contribution >= 4 is 11.7 Å². The summed E-state index contributed by atoms with van der Waals surface area (Å²) in [5, 5.41) is 7.69. The highest BCUT2D eigenvalue weighted by atomic mass is 16.2. The fourth-order valence-corrected chi connectivity index (χ4v) is 4.20. The van der Waals surface area contributed by atoms with Crippen LogP contribution in [-0.4, -0.2) is 21.7 Å². The number of carbonyl (C=O) groups excluding carboxylic acids is 1. The Morgan fingerprint density at radius 2 is 1.91 bits per heavy atom. The van der Waals surface area contributed by atoms with Gasteiger partial charge in [0.1, 0.15) is 5.82 Å². The molecule has 2 aliphatic rings. The lowest BCUT2D eigenvalue weighted by Crippen LogP contribution is -2.47. The van der Waals surface area contributed by atoms with Crippen molar-refractivity contribution in [2.45, 2.75) is 44.6 Å². The van der Waals surface area contributed by atoms with E-state index >= 15 is 0 Å². The van der Waals surface area contributed by atoms with Gasteiger partial charge in [-0.05, 0) is 37.8 Å². The Labute approximate surface area is 135 Å². The van der Waals surface area contributed by atoms with Crippen LogP contribution in [0.25, 0.3) is 5.69 Å². The maximum atomic E-state index is 12.4. The number of rotatable bonds is 2. The van der Waals surface area contributed by atoms with Gasteiger partial charge < -0.3 is 11.1 Å². The molecule has 2 aromatic rings. The van der Waals surface area contributed by atoms with Crippen LogP contribution in [0.3, 0.4) is 0 Å². The number of nitrogens with two attached hydrogens (primary N) is 1. The first-order valence-corrected chi connectivity index (χ1v) is 8.38. The van der Waals surface area contributed by atoms with Crippen molar-refractivity contribution in [3.8, 4) is 5.69 Å². The Morgan fingerprint density at radius 3 is 2.61 bits per heavy atom. The van der Waals surface area contributed by atoms with Crippen molar-refractivity contribution in [3.05, 3.63) is 41.6 Å². The summed E-state index contributed by atoms with van der Waals surface area (Å²) in [6.45, 7) is 2.02. The third kappa shape index (κ3) is 2.27. The molecule has 1 fully saturated rings. The number of aromatic nitrogens is 2. The van der Waals surface area contributed by atoms with E-state index in [-0.39, 0.29) is 11.8 Å². The van der Waals surface area contributed by atoms with Gasteiger partial charge in [-0.1, -0.05) is 31.0 Å². The van der Waals surface area contributed by atoms with Crippen molar-refractivity contribution in [1.29, 1.82) is 0 Å². The number of anilines is 1. The third-order valence-electron chi connectivity index (χ3n) is 5.28. The summed E-state index contributed by atoms with van der Waals surface area (Å²) in [7, 11) is 0. The third-order valence-corrected chi connectivity index (χ3v) is 5.28. The Hall–Kier alpha value is -2.14. The molecule has 2 heterocycles. The Morgan fingerprint density at radius 1 is 1.22 bits per heavy atom. The largest absolute Gasteiger partial charge is 0.319 e. The monoisotopic (exact) mass is 310 g/mol. The van der Waals surface area contributed by atoms with E-state index < -0.39 is 6.04 Å². The predicted molar refractivity (Wildman–Crippen MR) is 89.6 cm³/mol. The van der Waals surface area contributed by atoms with Crippen LogP contribution >= 0.6 is 0 Å². The molecule has 2 atom stereocenters. The average Bonchev–Trinajstić information content (AvgIpc) is 3.19. The number of nitrogens with zero attached hydrogens (tertiary/aromatic N) is 2. The summed E-state index contributed by atoms with van der Waals surface area (Å²) in [5.74, 6) is 1.28. The van der Waals surface area contributed by atoms with Crippen LogP contribution in [0, 0.1) is 12.8 Å². The Balaban J connectivity index is 1.85. The number of nitrogens with one attached hydrogen (secondary N) is 1. The molecule has 3 N–H and O–H groups in total. The van der Waals surface area contributed by atoms with E-state index in [2.05, 4.69) is 5.32 Å². The molecule has 1 aliphatic carbocycles. The van der Waals surface area contributed by atoms with E-state index in [1.165, 1.54) is 12.8 Å². The highest BCUT2D eigenvalue weighted by Gasteiger charge is 2.42. The molecule has 0 spiro atoms. The molecule has 1 aliphatic heterocycles. The average molecular weight is 310 g/mol. The van der Waals surface area contributed by atoms with Gasteiger partial charge in [-0.15, -0.1) is 0 Å². The summed E-state index contributed by atoms with van der Waals surface area (Å²) >= 11 is 0. The second-order valence-corrected chi connectivity index (χ2v) is 6.68. The zero-order chi connectivity index (χ0) is 16.0. The minimum Gasteiger partial charge on any atom is -0.319 e. The number of carbonyl (C=O) groups is 1. The van der Waals surface area contributed by atoms with Gasteiger partial charge in [0.2, 0.25) is 5.91 Å². The first-order valence-electron chi connectivity index (χ1n) is 8.38. The van der Waals surface area contributed by atoms with Crippen LogP contribution in [-0.2, 0) is 4.79 Å². The molecule has 5 heteroatoms. The van der Waals surface area contributed by atoms with E-state index in [0.29, 0.717) is 5.92 Å². The maximum absolute atomic E-state index is 12.4. The van der Waals surface area contributed by atoms with E-state index in [9.17, 15) is 4.79 Å². The van der Waals surface area contributed by atoms with Gasteiger partial charge in [0.15, 0.2) is 0 Å². The van der Waals surface area contributed by atoms with Gasteiger partial charge >= 0.3 is 0 Å². The van der Waals surface area contributed by atoms with Crippen molar-refractivity contribution < 1.29 is 4.79 Å². The first kappa shape index (κ1) is 14.5. The lowest BCUT2D eigenvalue weighted by molar-refractivity contribution is -0.118. The predicted octanol–water partition coefficient (Wildman–Crippen LogP) is 2.73. The number of hydrogen-bond acceptors (Lipinski definition) is 3. The van der Waals surface area contributed by atoms with Crippen LogP contribution in [0.15, 0.2) is 30.3 Å². The number of para-hydroxylation sites is 1. The Kier molecular flexibility index (Phi) is 3.45. The highest BCUT2D eigenvalue weighted by Crippen LogP contribution is 2.45. The summed E-state index contributed by atoms with van der Waals surface area (Å²) in [6, 6.07) is 9.45. The van der Waals surface area contributed by atoms with Gasteiger partial charge in [-0.25, -0.2) is 4.68 Å². The molecule has 0 radical (unpaired) electrons. The van der Waals surface area contributed by atoms with Gasteiger partial charge in [0.25, 0.3) is 0 Å². The molecule has 1 aromatic heterocycles. The summed E-state index contributed by atoms with van der Waals surface area (Å²) in [6.07, 6.45) is 4.77. The molecule has 0 unspecified atom stereocenters. The molecule has 23 heavy (non-hydrogen) atoms. The zero-order valence-corrected chi connectivity index (χ0v) is 13.3. The summed E-state index contributed by atoms with van der Waals surface area (Å²) in [4.78, 5) is 12.4. The van der Waals surface area contributed by atoms with E-state index in [4.69, 9.17) is 10.8 Å². The zero-order valence-electron chi connectivity index (χ0n) is 13.3. The van der Waals surface area contributed by atoms with Gasteiger partial charge in [-0.3, -0.25) is 4.79 Å². The first-order chi connectivity index (χ1) is 11.2. The van der Waals surface area contributed by atoms with Gasteiger partial charge in [-0.2, -0.15) is 5.10 Å². The second kappa shape index (κ2) is 5.49. The quantitative estimate of drug-likeness (QED) is 0.896. The van der Waals surface area contributed by atoms with Crippen LogP contribution in [0.5, 0.6) is 0 Å². The van der Waals surface area contributed by atoms with Crippen molar-refractivity contribution in [1.82, 2.24) is 9.78 Å². The highest BCUT2D eigenvalue weighted by molar-refractivity contribution is 5.98. The SMILES string of the molecule is Cc1nn(-c2ccccc2)c2c1[C@H](C1CCCC1)[C@H](N)C(=O)N2. The van der Waals surface area contributed by atoms with Crippen LogP contribution in [0.2, 0.25) is 0 Å².